The van der Waals surface area contributed by atoms with Crippen molar-refractivity contribution in [3.05, 3.63) is 57.8 Å². The maximum atomic E-state index is 11.7. The quantitative estimate of drug-likeness (QED) is 0.663. The van der Waals surface area contributed by atoms with Gasteiger partial charge in [-0.1, -0.05) is 30.3 Å². The molecule has 0 atom stereocenters. The van der Waals surface area contributed by atoms with E-state index in [9.17, 15) is 4.79 Å². The lowest BCUT2D eigenvalue weighted by molar-refractivity contribution is -0.121. The third-order valence-corrected chi connectivity index (χ3v) is 4.04. The fraction of sp³-hybridized carbons (Fsp3) is 0.250. The van der Waals surface area contributed by atoms with Crippen LogP contribution in [0, 0.1) is 6.92 Å². The van der Waals surface area contributed by atoms with Crippen molar-refractivity contribution in [2.45, 2.75) is 26.7 Å². The Hall–Kier alpha value is -1.94. The number of benzene rings is 1. The molecule has 20 heavy (non-hydrogen) atoms. The molecular formula is C16H18N2OS. The number of aryl methyl sites for hydroxylation is 2. The molecule has 104 valence electrons. The predicted molar refractivity (Wildman–Crippen MR) is 84.2 cm³/mol. The lowest BCUT2D eigenvalue weighted by Gasteiger charge is -2.02. The zero-order chi connectivity index (χ0) is 14.4. The Morgan fingerprint density at radius 1 is 1.20 bits per heavy atom. The molecule has 1 aromatic carbocycles. The molecule has 2 rings (SSSR count). The average molecular weight is 286 g/mol. The molecule has 1 heterocycles. The van der Waals surface area contributed by atoms with Crippen LogP contribution in [0.4, 0.5) is 0 Å². The van der Waals surface area contributed by atoms with Crippen molar-refractivity contribution in [2.75, 3.05) is 0 Å². The van der Waals surface area contributed by atoms with Gasteiger partial charge in [-0.05, 0) is 38.0 Å². The summed E-state index contributed by atoms with van der Waals surface area (Å²) in [4.78, 5) is 14.1. The molecule has 0 spiro atoms. The Labute approximate surface area is 123 Å². The van der Waals surface area contributed by atoms with Gasteiger partial charge in [0.15, 0.2) is 0 Å². The van der Waals surface area contributed by atoms with E-state index in [0.717, 1.165) is 22.6 Å². The number of carbonyl (C=O) groups excluding carboxylic acids is 1. The molecule has 0 aliphatic heterocycles. The van der Waals surface area contributed by atoms with E-state index in [1.807, 2.05) is 43.3 Å². The monoisotopic (exact) mass is 286 g/mol. The van der Waals surface area contributed by atoms with Crippen LogP contribution in [0.1, 0.15) is 28.7 Å². The van der Waals surface area contributed by atoms with Gasteiger partial charge in [-0.2, -0.15) is 5.10 Å². The van der Waals surface area contributed by atoms with Crippen LogP contribution >= 0.6 is 11.3 Å². The second-order valence-corrected chi connectivity index (χ2v) is 5.92. The Balaban J connectivity index is 1.83. The van der Waals surface area contributed by atoms with Crippen molar-refractivity contribution in [3.8, 4) is 0 Å². The van der Waals surface area contributed by atoms with Gasteiger partial charge in [-0.15, -0.1) is 11.3 Å². The van der Waals surface area contributed by atoms with Gasteiger partial charge < -0.3 is 0 Å². The number of amides is 1. The lowest BCUT2D eigenvalue weighted by atomic mass is 10.1. The standard InChI is InChI=1S/C16H18N2OS/c1-12-8-10-15(20-12)13(2)17-18-16(19)11-9-14-6-4-3-5-7-14/h3-8,10H,9,11H2,1-2H3,(H,18,19). The number of nitrogens with zero attached hydrogens (tertiary/aromatic N) is 1. The summed E-state index contributed by atoms with van der Waals surface area (Å²) in [6.07, 6.45) is 1.18. The summed E-state index contributed by atoms with van der Waals surface area (Å²) in [6, 6.07) is 14.1. The van der Waals surface area contributed by atoms with Gasteiger partial charge in [0.05, 0.1) is 10.6 Å². The lowest BCUT2D eigenvalue weighted by Crippen LogP contribution is -2.19. The summed E-state index contributed by atoms with van der Waals surface area (Å²) < 4.78 is 0. The van der Waals surface area contributed by atoms with Gasteiger partial charge in [0.25, 0.3) is 0 Å². The summed E-state index contributed by atoms with van der Waals surface area (Å²) >= 11 is 1.68. The molecule has 0 saturated carbocycles. The third-order valence-electron chi connectivity index (χ3n) is 2.93. The van der Waals surface area contributed by atoms with Gasteiger partial charge in [0.2, 0.25) is 5.91 Å². The van der Waals surface area contributed by atoms with Crippen molar-refractivity contribution in [3.63, 3.8) is 0 Å². The minimum Gasteiger partial charge on any atom is -0.273 e. The molecule has 0 unspecified atom stereocenters. The largest absolute Gasteiger partial charge is 0.273 e. The molecule has 3 nitrogen and oxygen atoms in total. The van der Waals surface area contributed by atoms with Crippen LogP contribution in [0.2, 0.25) is 0 Å². The first-order valence-corrected chi connectivity index (χ1v) is 7.40. The van der Waals surface area contributed by atoms with Gasteiger partial charge in [0, 0.05) is 11.3 Å². The summed E-state index contributed by atoms with van der Waals surface area (Å²) in [6.45, 7) is 3.96. The summed E-state index contributed by atoms with van der Waals surface area (Å²) in [5, 5.41) is 4.15. The normalized spacial score (nSPS) is 11.4. The van der Waals surface area contributed by atoms with E-state index in [-0.39, 0.29) is 5.91 Å². The van der Waals surface area contributed by atoms with Crippen LogP contribution in [-0.2, 0) is 11.2 Å². The smallest absolute Gasteiger partial charge is 0.240 e. The Morgan fingerprint density at radius 2 is 1.95 bits per heavy atom. The third kappa shape index (κ3) is 4.31. The number of carbonyl (C=O) groups is 1. The summed E-state index contributed by atoms with van der Waals surface area (Å²) in [7, 11) is 0. The number of hydrazone groups is 1. The Kier molecular flexibility index (Phi) is 5.07. The molecule has 0 bridgehead atoms. The molecule has 0 aliphatic carbocycles. The van der Waals surface area contributed by atoms with Crippen LogP contribution in [0.3, 0.4) is 0 Å². The Morgan fingerprint density at radius 3 is 2.60 bits per heavy atom. The van der Waals surface area contributed by atoms with Crippen LogP contribution < -0.4 is 5.43 Å². The molecule has 0 aliphatic rings. The fourth-order valence-electron chi connectivity index (χ4n) is 1.79. The highest BCUT2D eigenvalue weighted by Crippen LogP contribution is 2.15. The van der Waals surface area contributed by atoms with E-state index in [1.165, 1.54) is 4.88 Å². The van der Waals surface area contributed by atoms with E-state index in [4.69, 9.17) is 0 Å². The minimum absolute atomic E-state index is 0.0542. The predicted octanol–water partition coefficient (Wildman–Crippen LogP) is 3.53. The molecule has 0 fully saturated rings. The second kappa shape index (κ2) is 7.01. The topological polar surface area (TPSA) is 41.5 Å². The molecule has 1 amide bonds. The van der Waals surface area contributed by atoms with Crippen LogP contribution in [0.5, 0.6) is 0 Å². The van der Waals surface area contributed by atoms with Crippen LogP contribution in [-0.4, -0.2) is 11.6 Å². The highest BCUT2D eigenvalue weighted by molar-refractivity contribution is 7.14. The van der Waals surface area contributed by atoms with Crippen molar-refractivity contribution in [1.29, 1.82) is 0 Å². The first-order valence-electron chi connectivity index (χ1n) is 6.59. The van der Waals surface area contributed by atoms with E-state index in [2.05, 4.69) is 23.5 Å². The number of hydrogen-bond donors (Lipinski definition) is 1. The number of thiophene rings is 1. The zero-order valence-electron chi connectivity index (χ0n) is 11.7. The highest BCUT2D eigenvalue weighted by Gasteiger charge is 2.03. The van der Waals surface area contributed by atoms with E-state index >= 15 is 0 Å². The first kappa shape index (κ1) is 14.5. The van der Waals surface area contributed by atoms with E-state index < -0.39 is 0 Å². The molecule has 1 N–H and O–H groups in total. The second-order valence-electron chi connectivity index (χ2n) is 4.63. The number of rotatable bonds is 5. The maximum Gasteiger partial charge on any atom is 0.240 e. The SMILES string of the molecule is CC(=NNC(=O)CCc1ccccc1)c1ccc(C)s1. The van der Waals surface area contributed by atoms with E-state index in [1.54, 1.807) is 11.3 Å². The van der Waals surface area contributed by atoms with Crippen LogP contribution in [0.25, 0.3) is 0 Å². The van der Waals surface area contributed by atoms with Gasteiger partial charge in [-0.3, -0.25) is 4.79 Å². The fourth-order valence-corrected chi connectivity index (χ4v) is 2.60. The minimum atomic E-state index is -0.0542. The molecular weight excluding hydrogens is 268 g/mol. The number of hydrogen-bond acceptors (Lipinski definition) is 3. The molecule has 4 heteroatoms. The zero-order valence-corrected chi connectivity index (χ0v) is 12.5. The Bertz CT molecular complexity index is 602. The molecule has 0 radical (unpaired) electrons. The van der Waals surface area contributed by atoms with E-state index in [0.29, 0.717) is 6.42 Å². The molecule has 2 aromatic rings. The molecule has 0 saturated heterocycles. The van der Waals surface area contributed by atoms with Crippen molar-refractivity contribution >= 4 is 23.0 Å². The van der Waals surface area contributed by atoms with Gasteiger partial charge in [-0.25, -0.2) is 5.43 Å². The van der Waals surface area contributed by atoms with Crippen LogP contribution in [0.15, 0.2) is 47.6 Å². The van der Waals surface area contributed by atoms with Crippen molar-refractivity contribution in [2.24, 2.45) is 5.10 Å². The molecule has 1 aromatic heterocycles. The van der Waals surface area contributed by atoms with Crippen molar-refractivity contribution in [1.82, 2.24) is 5.43 Å². The first-order chi connectivity index (χ1) is 9.65. The highest BCUT2D eigenvalue weighted by atomic mass is 32.1. The summed E-state index contributed by atoms with van der Waals surface area (Å²) in [5.74, 6) is -0.0542. The van der Waals surface area contributed by atoms with Gasteiger partial charge >= 0.3 is 0 Å². The maximum absolute atomic E-state index is 11.7. The average Bonchev–Trinajstić information content (AvgIpc) is 2.90. The van der Waals surface area contributed by atoms with Gasteiger partial charge in [0.1, 0.15) is 0 Å². The number of nitrogens with one attached hydrogen (secondary N) is 1. The summed E-state index contributed by atoms with van der Waals surface area (Å²) in [5.41, 5.74) is 4.62. The van der Waals surface area contributed by atoms with Crippen molar-refractivity contribution < 1.29 is 4.79 Å².